The second kappa shape index (κ2) is 46.7. The Kier molecular flexibility index (Phi) is 32.1. The fraction of sp³-hybridized carbons (Fsp3) is 0.254. The number of rotatable bonds is 35. The Morgan fingerprint density at radius 1 is 0.331 bits per heavy atom. The number of hydrogen-bond donors (Lipinski definition) is 12. The predicted octanol–water partition coefficient (Wildman–Crippen LogP) is 20.2. The molecule has 16 N–H and O–H groups in total. The van der Waals surface area contributed by atoms with E-state index in [1.807, 2.05) is 222 Å². The van der Waals surface area contributed by atoms with Crippen LogP contribution in [0.25, 0.3) is 22.7 Å². The van der Waals surface area contributed by atoms with Gasteiger partial charge in [-0.15, -0.1) is 0 Å². The van der Waals surface area contributed by atoms with E-state index in [0.29, 0.717) is 78.2 Å². The number of halogens is 1. The first kappa shape index (κ1) is 99.7. The molecular formula is C118H125FN20O6. The van der Waals surface area contributed by atoms with Crippen LogP contribution >= 0.6 is 0 Å². The summed E-state index contributed by atoms with van der Waals surface area (Å²) < 4.78 is 32.1. The molecule has 4 amide bonds. The van der Waals surface area contributed by atoms with Crippen molar-refractivity contribution in [2.75, 3.05) is 47.7 Å². The molecule has 4 aromatic heterocycles. The normalized spacial score (nSPS) is 14.3. The lowest BCUT2D eigenvalue weighted by Gasteiger charge is -2.32. The zero-order valence-corrected chi connectivity index (χ0v) is 82.4. The number of fused-ring (bicyclic) bond motifs is 1. The maximum atomic E-state index is 14.0. The third-order valence-electron chi connectivity index (χ3n) is 26.7. The zero-order valence-electron chi connectivity index (χ0n) is 82.4. The maximum absolute atomic E-state index is 14.0. The van der Waals surface area contributed by atoms with E-state index in [4.69, 9.17) is 32.4 Å². The fourth-order valence-electron chi connectivity index (χ4n) is 18.3. The summed E-state index contributed by atoms with van der Waals surface area (Å²) in [5, 5.41) is 45.4. The van der Waals surface area contributed by atoms with E-state index in [1.54, 1.807) is 49.1 Å². The van der Waals surface area contributed by atoms with E-state index >= 15 is 0 Å². The van der Waals surface area contributed by atoms with Crippen LogP contribution in [0, 0.1) is 58.2 Å². The van der Waals surface area contributed by atoms with Crippen LogP contribution in [0.4, 0.5) is 27.1 Å². The van der Waals surface area contributed by atoms with Crippen molar-refractivity contribution in [2.45, 2.75) is 149 Å². The molecule has 0 radical (unpaired) electrons. The van der Waals surface area contributed by atoms with Crippen molar-refractivity contribution in [1.82, 2.24) is 60.4 Å². The van der Waals surface area contributed by atoms with E-state index < -0.39 is 0 Å². The van der Waals surface area contributed by atoms with Crippen LogP contribution in [0.1, 0.15) is 219 Å². The standard InChI is InChI=1S/C30H31N5O3.C30H33N5O.C29H30FN5O.C29H31N5O/c1-19-13-26(35(34-19)24-8-2-5-21(14-24)16-31)30(36)33-23-7-3-6-22(15-23)28(32-17-20-11-12-20)25-9-4-10-27-29(25)38-18-37-27;1-20-7-3-4-12-27(20)29(32-19-22-13-14-22)24-9-6-10-25(17-24)33-30(36)28-15-21(2)34-35(28)26-11-5-8-23(16-26)18-31;1-19-13-27(35(34-19)26-10-2-5-21(14-26)17-31)29(36)33-25-9-4-7-23(16-25)28(32-18-20-11-12-20)22-6-3-8-24(30)15-22;1-20-16-27(34(33-20)26-15-5-8-21(17-26)19-30)29(35)32-25-14-6-11-23(18-25)28(31-24-12-7-13-24)22-9-3-2-4-10-22/h2-10,13-15,20,28,32H,11-12,16-18,31H2,1H3,(H,33,36);3-12,15-17,22,29,32H,13-14,18-19,31H2,1-2H3,(H,33,36);2-10,13-16,20,28,32H,11-12,17-18,31H2,1H3,(H,33,36);2-6,8-11,14-18,24,28,31H,7,12-13,19,30H2,1H3,(H,32,35). The summed E-state index contributed by atoms with van der Waals surface area (Å²) in [6.45, 7) is 14.4. The van der Waals surface area contributed by atoms with E-state index in [1.165, 1.54) is 80.5 Å². The van der Waals surface area contributed by atoms with Gasteiger partial charge in [-0.05, 0) is 330 Å². The Hall–Kier alpha value is -15.4. The molecule has 740 valence electrons. The topological polar surface area (TPSA) is 358 Å². The maximum Gasteiger partial charge on any atom is 0.274 e. The molecule has 12 aromatic carbocycles. The Labute approximate surface area is 845 Å². The summed E-state index contributed by atoms with van der Waals surface area (Å²) in [5.41, 5.74) is 48.0. The van der Waals surface area contributed by atoms with Crippen molar-refractivity contribution >= 4 is 46.4 Å². The fourth-order valence-corrected chi connectivity index (χ4v) is 18.3. The van der Waals surface area contributed by atoms with Gasteiger partial charge in [-0.1, -0.05) is 182 Å². The molecule has 21 rings (SSSR count). The van der Waals surface area contributed by atoms with E-state index in [-0.39, 0.29) is 60.4 Å². The number of para-hydroxylation sites is 1. The van der Waals surface area contributed by atoms with Crippen molar-refractivity contribution in [1.29, 1.82) is 0 Å². The minimum atomic E-state index is -0.266. The number of nitrogens with two attached hydrogens (primary N) is 4. The number of ether oxygens (including phenoxy) is 2. The molecule has 4 aliphatic carbocycles. The Balaban J connectivity index is 0.000000127. The molecule has 145 heavy (non-hydrogen) atoms. The molecule has 27 heteroatoms. The van der Waals surface area contributed by atoms with Gasteiger partial charge in [-0.2, -0.15) is 20.4 Å². The molecule has 16 aromatic rings. The van der Waals surface area contributed by atoms with E-state index in [0.717, 1.165) is 150 Å². The molecule has 0 bridgehead atoms. The number of benzene rings is 12. The van der Waals surface area contributed by atoms with Crippen LogP contribution in [0.2, 0.25) is 0 Å². The van der Waals surface area contributed by atoms with Crippen LogP contribution in [0.3, 0.4) is 0 Å². The Morgan fingerprint density at radius 2 is 0.655 bits per heavy atom. The minimum absolute atomic E-state index is 0.0652. The van der Waals surface area contributed by atoms with Gasteiger partial charge in [0.25, 0.3) is 23.6 Å². The van der Waals surface area contributed by atoms with Crippen LogP contribution in [-0.2, 0) is 26.2 Å². The van der Waals surface area contributed by atoms with Gasteiger partial charge in [-0.25, -0.2) is 23.1 Å². The molecule has 4 atom stereocenters. The first-order chi connectivity index (χ1) is 70.7. The number of aryl methyl sites for hydroxylation is 5. The van der Waals surface area contributed by atoms with Gasteiger partial charge < -0.3 is 74.9 Å². The van der Waals surface area contributed by atoms with Crippen LogP contribution in [-0.4, -0.2) is 95.2 Å². The lowest BCUT2D eigenvalue weighted by molar-refractivity contribution is 0.101. The SMILES string of the molecule is Cc1cc(C(=O)Nc2cccc(C(NC3CCC3)c3ccccc3)c2)n(-c2cccc(CN)c2)n1.Cc1cc(C(=O)Nc2cccc(C(NCC3CC3)c3cccc(F)c3)c2)n(-c2cccc(CN)c2)n1.Cc1cc(C(=O)Nc2cccc(C(NCC3CC3)c3cccc4c3OCO4)c2)n(-c2cccc(CN)c2)n1.Cc1cc(C(=O)Nc2cccc(C(NCC3CC3)c3ccccc3C)c2)n(-c2cccc(CN)c2)n1. The van der Waals surface area contributed by atoms with E-state index in [9.17, 15) is 23.6 Å². The molecule has 0 spiro atoms. The average Bonchev–Trinajstić information content (AvgIpc) is 1.71. The number of aromatic nitrogens is 8. The summed E-state index contributed by atoms with van der Waals surface area (Å²) in [7, 11) is 0. The van der Waals surface area contributed by atoms with Gasteiger partial charge in [0.15, 0.2) is 11.5 Å². The third-order valence-corrected chi connectivity index (χ3v) is 26.7. The number of hydrogen-bond acceptors (Lipinski definition) is 18. The van der Waals surface area contributed by atoms with Gasteiger partial charge in [0, 0.05) is 60.5 Å². The van der Waals surface area contributed by atoms with Crippen LogP contribution in [0.15, 0.2) is 315 Å². The highest BCUT2D eigenvalue weighted by atomic mass is 19.1. The van der Waals surface area contributed by atoms with E-state index in [2.05, 4.69) is 155 Å². The molecule has 4 saturated carbocycles. The first-order valence-electron chi connectivity index (χ1n) is 50.0. The largest absolute Gasteiger partial charge is 0.454 e. The molecular weight excluding hydrogens is 1810 g/mol. The molecule has 0 saturated heterocycles. The average molecular weight is 1940 g/mol. The number of amides is 4. The molecule has 4 unspecified atom stereocenters. The number of carbonyl (C=O) groups is 4. The highest BCUT2D eigenvalue weighted by Gasteiger charge is 2.33. The lowest BCUT2D eigenvalue weighted by atomic mass is 9.89. The molecule has 26 nitrogen and oxygen atoms in total. The lowest BCUT2D eigenvalue weighted by Crippen LogP contribution is -2.38. The first-order valence-corrected chi connectivity index (χ1v) is 50.0. The summed E-state index contributed by atoms with van der Waals surface area (Å²) in [6.07, 6.45) is 11.2. The van der Waals surface area contributed by atoms with Crippen LogP contribution in [0.5, 0.6) is 11.5 Å². The summed E-state index contributed by atoms with van der Waals surface area (Å²) in [5.74, 6) is 2.49. The predicted molar refractivity (Wildman–Crippen MR) is 569 cm³/mol. The van der Waals surface area contributed by atoms with Gasteiger partial charge in [0.2, 0.25) is 6.79 Å². The highest BCUT2D eigenvalue weighted by Crippen LogP contribution is 2.43. The van der Waals surface area contributed by atoms with Crippen molar-refractivity contribution in [2.24, 2.45) is 40.7 Å². The number of nitrogens with one attached hydrogen (secondary N) is 8. The quantitative estimate of drug-likeness (QED) is 0.0176. The smallest absolute Gasteiger partial charge is 0.274 e. The second-order valence-electron chi connectivity index (χ2n) is 38.1. The molecule has 1 aliphatic heterocycles. The molecule has 5 aliphatic rings. The van der Waals surface area contributed by atoms with Gasteiger partial charge in [0.1, 0.15) is 28.6 Å². The minimum Gasteiger partial charge on any atom is -0.454 e. The van der Waals surface area contributed by atoms with Crippen molar-refractivity contribution < 1.29 is 33.0 Å². The third kappa shape index (κ3) is 25.6. The van der Waals surface area contributed by atoms with Gasteiger partial charge >= 0.3 is 0 Å². The summed E-state index contributed by atoms with van der Waals surface area (Å²) in [4.78, 5) is 53.5. The highest BCUT2D eigenvalue weighted by molar-refractivity contribution is 6.06. The monoisotopic (exact) mass is 1940 g/mol. The van der Waals surface area contributed by atoms with Crippen molar-refractivity contribution in [3.8, 4) is 34.2 Å². The van der Waals surface area contributed by atoms with Gasteiger partial charge in [0.05, 0.1) is 69.7 Å². The number of nitrogens with zero attached hydrogens (tertiary/aromatic N) is 8. The molecule has 5 heterocycles. The number of carbonyl (C=O) groups excluding carboxylic acids is 4. The Morgan fingerprint density at radius 3 is 1.02 bits per heavy atom. The Bertz CT molecular complexity index is 7240. The molecule has 4 fully saturated rings. The summed E-state index contributed by atoms with van der Waals surface area (Å²) >= 11 is 0. The number of anilines is 4. The van der Waals surface area contributed by atoms with Crippen LogP contribution < -0.4 is 74.9 Å². The van der Waals surface area contributed by atoms with Gasteiger partial charge in [-0.3, -0.25) is 19.2 Å². The zero-order chi connectivity index (χ0) is 100. The van der Waals surface area contributed by atoms with Crippen molar-refractivity contribution in [3.63, 3.8) is 0 Å². The summed E-state index contributed by atoms with van der Waals surface area (Å²) in [6, 6.07) is 102. The second-order valence-corrected chi connectivity index (χ2v) is 38.1. The van der Waals surface area contributed by atoms with Crippen molar-refractivity contribution in [3.05, 3.63) is 439 Å².